The van der Waals surface area contributed by atoms with Crippen LogP contribution in [0.25, 0.3) is 10.9 Å². The Balaban J connectivity index is 1.67. The van der Waals surface area contributed by atoms with Gasteiger partial charge in [0.25, 0.3) is 0 Å². The maximum absolute atomic E-state index is 13.4. The van der Waals surface area contributed by atoms with E-state index in [9.17, 15) is 9.18 Å². The van der Waals surface area contributed by atoms with Crippen molar-refractivity contribution in [1.29, 1.82) is 0 Å². The zero-order valence-corrected chi connectivity index (χ0v) is 18.8. The van der Waals surface area contributed by atoms with E-state index in [-0.39, 0.29) is 17.6 Å². The van der Waals surface area contributed by atoms with Crippen LogP contribution >= 0.6 is 0 Å². The molecule has 5 heteroatoms. The van der Waals surface area contributed by atoms with Gasteiger partial charge in [-0.05, 0) is 47.2 Å². The van der Waals surface area contributed by atoms with Gasteiger partial charge in [0, 0.05) is 43.7 Å². The monoisotopic (exact) mass is 444 g/mol. The Morgan fingerprint density at radius 3 is 2.45 bits per heavy atom. The summed E-state index contributed by atoms with van der Waals surface area (Å²) in [5.41, 5.74) is 4.48. The molecule has 0 spiro atoms. The Bertz CT molecular complexity index is 1190. The van der Waals surface area contributed by atoms with Crippen LogP contribution in [0.15, 0.2) is 85.1 Å². The lowest BCUT2D eigenvalue weighted by Gasteiger charge is -2.17. The van der Waals surface area contributed by atoms with E-state index >= 15 is 0 Å². The topological polar surface area (TPSA) is 43.3 Å². The van der Waals surface area contributed by atoms with Crippen molar-refractivity contribution in [3.05, 3.63) is 108 Å². The standard InChI is InChI=1S/C28H29FN2O2/c1-33-16-15-30-28(32)18-23(17-21-7-3-2-4-8-21)26-20-31(27-10-6-5-9-25(26)27)19-22-11-13-24(29)14-12-22/h2-14,20,23H,15-19H2,1H3,(H,30,32). The average Bonchev–Trinajstić information content (AvgIpc) is 3.19. The van der Waals surface area contributed by atoms with Crippen molar-refractivity contribution in [1.82, 2.24) is 9.88 Å². The molecule has 33 heavy (non-hydrogen) atoms. The summed E-state index contributed by atoms with van der Waals surface area (Å²) in [4.78, 5) is 12.7. The third kappa shape index (κ3) is 5.88. The van der Waals surface area contributed by atoms with Crippen molar-refractivity contribution < 1.29 is 13.9 Å². The van der Waals surface area contributed by atoms with E-state index in [0.29, 0.717) is 26.1 Å². The number of rotatable bonds is 10. The number of amides is 1. The Hall–Kier alpha value is -3.44. The summed E-state index contributed by atoms with van der Waals surface area (Å²) in [6.07, 6.45) is 3.32. The fraction of sp³-hybridized carbons (Fsp3) is 0.250. The second kappa shape index (κ2) is 10.9. The van der Waals surface area contributed by atoms with Gasteiger partial charge in [-0.15, -0.1) is 0 Å². The number of hydrogen-bond donors (Lipinski definition) is 1. The molecule has 0 saturated heterocycles. The van der Waals surface area contributed by atoms with Gasteiger partial charge < -0.3 is 14.6 Å². The van der Waals surface area contributed by atoms with Crippen molar-refractivity contribution in [2.45, 2.75) is 25.3 Å². The van der Waals surface area contributed by atoms with Crippen LogP contribution in [0.1, 0.15) is 29.0 Å². The summed E-state index contributed by atoms with van der Waals surface area (Å²) in [7, 11) is 1.63. The molecule has 0 radical (unpaired) electrons. The Morgan fingerprint density at radius 2 is 1.70 bits per heavy atom. The number of benzene rings is 3. The Labute approximate surface area is 194 Å². The molecule has 0 bridgehead atoms. The molecule has 3 aromatic carbocycles. The number of carbonyl (C=O) groups is 1. The molecule has 1 heterocycles. The molecule has 1 atom stereocenters. The predicted molar refractivity (Wildman–Crippen MR) is 130 cm³/mol. The number of ether oxygens (including phenoxy) is 1. The molecule has 0 saturated carbocycles. The summed E-state index contributed by atoms with van der Waals surface area (Å²) in [5, 5.41) is 4.11. The highest BCUT2D eigenvalue weighted by Crippen LogP contribution is 2.33. The van der Waals surface area contributed by atoms with E-state index in [1.54, 1.807) is 7.11 Å². The number of fused-ring (bicyclic) bond motifs is 1. The number of aromatic nitrogens is 1. The van der Waals surface area contributed by atoms with E-state index < -0.39 is 0 Å². The number of nitrogens with zero attached hydrogens (tertiary/aromatic N) is 1. The van der Waals surface area contributed by atoms with Crippen LogP contribution in [0.4, 0.5) is 4.39 Å². The van der Waals surface area contributed by atoms with Crippen molar-refractivity contribution in [3.8, 4) is 0 Å². The predicted octanol–water partition coefficient (Wildman–Crippen LogP) is 5.31. The zero-order valence-electron chi connectivity index (χ0n) is 18.8. The van der Waals surface area contributed by atoms with Crippen LogP contribution in [-0.4, -0.2) is 30.7 Å². The van der Waals surface area contributed by atoms with Gasteiger partial charge in [-0.25, -0.2) is 4.39 Å². The molecule has 0 aliphatic carbocycles. The lowest BCUT2D eigenvalue weighted by molar-refractivity contribution is -0.121. The second-order valence-electron chi connectivity index (χ2n) is 8.29. The third-order valence-electron chi connectivity index (χ3n) is 5.91. The number of methoxy groups -OCH3 is 1. The molecule has 4 rings (SSSR count). The Kier molecular flexibility index (Phi) is 7.53. The first-order valence-corrected chi connectivity index (χ1v) is 11.3. The maximum atomic E-state index is 13.4. The van der Waals surface area contributed by atoms with Crippen LogP contribution in [0.5, 0.6) is 0 Å². The number of nitrogens with one attached hydrogen (secondary N) is 1. The van der Waals surface area contributed by atoms with Gasteiger partial charge in [0.2, 0.25) is 5.91 Å². The average molecular weight is 445 g/mol. The van der Waals surface area contributed by atoms with E-state index in [1.165, 1.54) is 17.7 Å². The second-order valence-corrected chi connectivity index (χ2v) is 8.29. The molecular formula is C28H29FN2O2. The minimum absolute atomic E-state index is 0.0170. The highest BCUT2D eigenvalue weighted by atomic mass is 19.1. The van der Waals surface area contributed by atoms with Gasteiger partial charge in [-0.1, -0.05) is 60.7 Å². The fourth-order valence-electron chi connectivity index (χ4n) is 4.30. The lowest BCUT2D eigenvalue weighted by atomic mass is 9.88. The summed E-state index contributed by atoms with van der Waals surface area (Å²) in [6.45, 7) is 1.63. The van der Waals surface area contributed by atoms with E-state index in [0.717, 1.165) is 28.5 Å². The number of carbonyl (C=O) groups excluding carboxylic acids is 1. The van der Waals surface area contributed by atoms with Gasteiger partial charge in [-0.2, -0.15) is 0 Å². The Morgan fingerprint density at radius 1 is 0.970 bits per heavy atom. The van der Waals surface area contributed by atoms with Crippen LogP contribution in [0.3, 0.4) is 0 Å². The molecule has 0 aliphatic heterocycles. The fourth-order valence-corrected chi connectivity index (χ4v) is 4.30. The van der Waals surface area contributed by atoms with Crippen LogP contribution < -0.4 is 5.32 Å². The molecule has 1 unspecified atom stereocenters. The minimum Gasteiger partial charge on any atom is -0.383 e. The molecule has 0 fully saturated rings. The number of hydrogen-bond acceptors (Lipinski definition) is 2. The van der Waals surface area contributed by atoms with Gasteiger partial charge in [0.15, 0.2) is 0 Å². The lowest BCUT2D eigenvalue weighted by Crippen LogP contribution is -2.28. The summed E-state index contributed by atoms with van der Waals surface area (Å²) >= 11 is 0. The molecule has 0 aliphatic rings. The molecule has 1 aromatic heterocycles. The first-order valence-electron chi connectivity index (χ1n) is 11.3. The molecule has 170 valence electrons. The van der Waals surface area contributed by atoms with Crippen molar-refractivity contribution >= 4 is 16.8 Å². The van der Waals surface area contributed by atoms with E-state index in [4.69, 9.17) is 4.74 Å². The maximum Gasteiger partial charge on any atom is 0.220 e. The summed E-state index contributed by atoms with van der Waals surface area (Å²) in [5.74, 6) is -0.197. The largest absolute Gasteiger partial charge is 0.383 e. The van der Waals surface area contributed by atoms with Gasteiger partial charge in [0.05, 0.1) is 6.61 Å². The number of para-hydroxylation sites is 1. The molecule has 4 nitrogen and oxygen atoms in total. The smallest absolute Gasteiger partial charge is 0.220 e. The highest BCUT2D eigenvalue weighted by Gasteiger charge is 2.21. The molecular weight excluding hydrogens is 415 g/mol. The highest BCUT2D eigenvalue weighted by molar-refractivity contribution is 5.86. The first-order chi connectivity index (χ1) is 16.1. The van der Waals surface area contributed by atoms with Gasteiger partial charge in [0.1, 0.15) is 5.82 Å². The quantitative estimate of drug-likeness (QED) is 0.337. The van der Waals surface area contributed by atoms with Crippen molar-refractivity contribution in [3.63, 3.8) is 0 Å². The third-order valence-corrected chi connectivity index (χ3v) is 5.91. The minimum atomic E-state index is -0.237. The first kappa shape index (κ1) is 22.7. The van der Waals surface area contributed by atoms with E-state index in [1.807, 2.05) is 42.5 Å². The van der Waals surface area contributed by atoms with Crippen LogP contribution in [0, 0.1) is 5.82 Å². The normalized spacial score (nSPS) is 12.1. The van der Waals surface area contributed by atoms with Crippen LogP contribution in [0.2, 0.25) is 0 Å². The van der Waals surface area contributed by atoms with E-state index in [2.05, 4.69) is 40.3 Å². The molecule has 1 N–H and O–H groups in total. The summed E-state index contributed by atoms with van der Waals surface area (Å²) in [6, 6.07) is 25.2. The van der Waals surface area contributed by atoms with Crippen LogP contribution in [-0.2, 0) is 22.5 Å². The summed E-state index contributed by atoms with van der Waals surface area (Å²) < 4.78 is 20.6. The number of halogens is 1. The van der Waals surface area contributed by atoms with Gasteiger partial charge in [-0.3, -0.25) is 4.79 Å². The SMILES string of the molecule is COCCNC(=O)CC(Cc1ccccc1)c1cn(Cc2ccc(F)cc2)c2ccccc12. The van der Waals surface area contributed by atoms with Crippen molar-refractivity contribution in [2.75, 3.05) is 20.3 Å². The van der Waals surface area contributed by atoms with Gasteiger partial charge >= 0.3 is 0 Å². The molecule has 1 amide bonds. The van der Waals surface area contributed by atoms with Crippen molar-refractivity contribution in [2.24, 2.45) is 0 Å². The zero-order chi connectivity index (χ0) is 23.0. The molecule has 4 aromatic rings.